The fraction of sp³-hybridized carbons (Fsp3) is 0.167. The second kappa shape index (κ2) is 9.34. The third-order valence-electron chi connectivity index (χ3n) is 4.34. The van der Waals surface area contributed by atoms with Crippen molar-refractivity contribution in [1.29, 1.82) is 0 Å². The second-order valence-electron chi connectivity index (χ2n) is 7.53. The molecule has 0 aliphatic carbocycles. The first-order chi connectivity index (χ1) is 13.7. The Morgan fingerprint density at radius 1 is 1.07 bits per heavy atom. The van der Waals surface area contributed by atoms with Crippen molar-refractivity contribution in [2.24, 2.45) is 0 Å². The van der Waals surface area contributed by atoms with Gasteiger partial charge in [-0.25, -0.2) is 0 Å². The van der Waals surface area contributed by atoms with Gasteiger partial charge in [0.05, 0.1) is 5.69 Å². The summed E-state index contributed by atoms with van der Waals surface area (Å²) < 4.78 is 0. The van der Waals surface area contributed by atoms with E-state index in [1.165, 1.54) is 0 Å². The molecule has 0 aliphatic heterocycles. The average Bonchev–Trinajstić information content (AvgIpc) is 2.67. The van der Waals surface area contributed by atoms with Crippen LogP contribution in [0.4, 0.5) is 5.69 Å². The second-order valence-corrected chi connectivity index (χ2v) is 7.94. The van der Waals surface area contributed by atoms with Crippen LogP contribution in [0.2, 0.25) is 0 Å². The molecule has 0 saturated carbocycles. The van der Waals surface area contributed by atoms with Crippen molar-refractivity contribution >= 4 is 34.5 Å². The van der Waals surface area contributed by atoms with Crippen molar-refractivity contribution in [2.75, 3.05) is 5.32 Å². The van der Waals surface area contributed by atoms with E-state index in [0.717, 1.165) is 16.7 Å². The Balaban J connectivity index is 2.12. The van der Waals surface area contributed by atoms with Crippen LogP contribution in [0.1, 0.15) is 42.3 Å². The highest BCUT2D eigenvalue weighted by Gasteiger charge is 2.15. The predicted octanol–water partition coefficient (Wildman–Crippen LogP) is 5.57. The van der Waals surface area contributed by atoms with Crippen molar-refractivity contribution in [1.82, 2.24) is 5.32 Å². The Hall–Kier alpha value is -3.18. The number of hydrogen-bond acceptors (Lipinski definition) is 3. The van der Waals surface area contributed by atoms with Crippen LogP contribution in [0.25, 0.3) is 5.57 Å². The van der Waals surface area contributed by atoms with Gasteiger partial charge in [0.15, 0.2) is 5.11 Å². The Morgan fingerprint density at radius 2 is 1.69 bits per heavy atom. The SMILES string of the molecule is C=C/C=C(\C=C)c1ccc(O)c(NC(=S)NC(=O)c2ccc(C(C)(C)C)cc2)c1. The Bertz CT molecular complexity index is 967. The summed E-state index contributed by atoms with van der Waals surface area (Å²) in [4.78, 5) is 12.5. The molecule has 0 spiro atoms. The maximum absolute atomic E-state index is 12.5. The normalized spacial score (nSPS) is 11.5. The summed E-state index contributed by atoms with van der Waals surface area (Å²) in [6.07, 6.45) is 5.16. The summed E-state index contributed by atoms with van der Waals surface area (Å²) in [6, 6.07) is 12.4. The van der Waals surface area contributed by atoms with E-state index in [4.69, 9.17) is 12.2 Å². The molecule has 0 radical (unpaired) electrons. The van der Waals surface area contributed by atoms with Gasteiger partial charge in [-0.3, -0.25) is 10.1 Å². The van der Waals surface area contributed by atoms with Gasteiger partial charge < -0.3 is 10.4 Å². The molecule has 4 nitrogen and oxygen atoms in total. The van der Waals surface area contributed by atoms with E-state index >= 15 is 0 Å². The molecule has 2 aromatic rings. The number of thiocarbonyl (C=S) groups is 1. The van der Waals surface area contributed by atoms with E-state index < -0.39 is 0 Å². The number of phenols is 1. The Labute approximate surface area is 177 Å². The van der Waals surface area contributed by atoms with Crippen molar-refractivity contribution in [3.05, 3.63) is 90.5 Å². The third-order valence-corrected chi connectivity index (χ3v) is 4.54. The minimum absolute atomic E-state index is 0.0126. The molecule has 0 bridgehead atoms. The zero-order valence-corrected chi connectivity index (χ0v) is 17.8. The summed E-state index contributed by atoms with van der Waals surface area (Å²) in [5.74, 6) is -0.307. The van der Waals surface area contributed by atoms with Crippen LogP contribution >= 0.6 is 12.2 Å². The maximum Gasteiger partial charge on any atom is 0.257 e. The van der Waals surface area contributed by atoms with Gasteiger partial charge >= 0.3 is 0 Å². The fourth-order valence-corrected chi connectivity index (χ4v) is 2.88. The number of hydrogen-bond donors (Lipinski definition) is 3. The number of rotatable bonds is 5. The molecule has 0 aromatic heterocycles. The minimum atomic E-state index is -0.322. The number of benzene rings is 2. The van der Waals surface area contributed by atoms with Gasteiger partial charge in [0.25, 0.3) is 5.91 Å². The number of amides is 1. The summed E-state index contributed by atoms with van der Waals surface area (Å²) >= 11 is 5.24. The molecule has 5 heteroatoms. The summed E-state index contributed by atoms with van der Waals surface area (Å²) in [7, 11) is 0. The number of anilines is 1. The molecular weight excluding hydrogens is 380 g/mol. The van der Waals surface area contributed by atoms with E-state index in [-0.39, 0.29) is 22.2 Å². The lowest BCUT2D eigenvalue weighted by molar-refractivity contribution is 0.0977. The maximum atomic E-state index is 12.5. The van der Waals surface area contributed by atoms with Crippen molar-refractivity contribution in [2.45, 2.75) is 26.2 Å². The van der Waals surface area contributed by atoms with Crippen LogP contribution in [0.15, 0.2) is 73.9 Å². The molecule has 29 heavy (non-hydrogen) atoms. The first kappa shape index (κ1) is 22.1. The van der Waals surface area contributed by atoms with Crippen LogP contribution in [-0.2, 0) is 5.41 Å². The zero-order valence-electron chi connectivity index (χ0n) is 17.0. The van der Waals surface area contributed by atoms with Crippen LogP contribution in [0.5, 0.6) is 5.75 Å². The largest absolute Gasteiger partial charge is 0.506 e. The molecule has 3 N–H and O–H groups in total. The smallest absolute Gasteiger partial charge is 0.257 e. The molecule has 0 unspecified atom stereocenters. The van der Waals surface area contributed by atoms with E-state index in [9.17, 15) is 9.90 Å². The summed E-state index contributed by atoms with van der Waals surface area (Å²) in [5, 5.41) is 15.7. The summed E-state index contributed by atoms with van der Waals surface area (Å²) in [6.45, 7) is 13.8. The van der Waals surface area contributed by atoms with Gasteiger partial charge in [0, 0.05) is 5.56 Å². The summed E-state index contributed by atoms with van der Waals surface area (Å²) in [5.41, 5.74) is 3.71. The quantitative estimate of drug-likeness (QED) is 0.345. The number of phenolic OH excluding ortho intramolecular Hbond substituents is 1. The number of carbonyl (C=O) groups is 1. The van der Waals surface area contributed by atoms with Crippen LogP contribution in [0.3, 0.4) is 0 Å². The van der Waals surface area contributed by atoms with Crippen molar-refractivity contribution < 1.29 is 9.90 Å². The van der Waals surface area contributed by atoms with E-state index in [0.29, 0.717) is 11.3 Å². The molecule has 0 aliphatic rings. The van der Waals surface area contributed by atoms with Gasteiger partial charge in [-0.1, -0.05) is 70.4 Å². The highest BCUT2D eigenvalue weighted by Crippen LogP contribution is 2.28. The first-order valence-electron chi connectivity index (χ1n) is 9.17. The number of carbonyl (C=O) groups excluding carboxylic acids is 1. The highest BCUT2D eigenvalue weighted by atomic mass is 32.1. The van der Waals surface area contributed by atoms with Gasteiger partial charge in [0.1, 0.15) is 5.75 Å². The number of aromatic hydroxyl groups is 1. The highest BCUT2D eigenvalue weighted by molar-refractivity contribution is 7.80. The molecule has 2 rings (SSSR count). The lowest BCUT2D eigenvalue weighted by Gasteiger charge is -2.19. The van der Waals surface area contributed by atoms with Crippen LogP contribution in [0, 0.1) is 0 Å². The van der Waals surface area contributed by atoms with E-state index in [2.05, 4.69) is 44.6 Å². The molecule has 0 fully saturated rings. The van der Waals surface area contributed by atoms with E-state index in [1.807, 2.05) is 18.2 Å². The topological polar surface area (TPSA) is 61.4 Å². The number of nitrogens with one attached hydrogen (secondary N) is 2. The molecule has 2 aromatic carbocycles. The van der Waals surface area contributed by atoms with Crippen LogP contribution in [-0.4, -0.2) is 16.1 Å². The monoisotopic (exact) mass is 406 g/mol. The first-order valence-corrected chi connectivity index (χ1v) is 9.58. The Kier molecular flexibility index (Phi) is 7.13. The van der Waals surface area contributed by atoms with Crippen molar-refractivity contribution in [3.63, 3.8) is 0 Å². The number of allylic oxidation sites excluding steroid dienone is 4. The molecular formula is C24H26N2O2S. The Morgan fingerprint density at radius 3 is 2.24 bits per heavy atom. The van der Waals surface area contributed by atoms with Gasteiger partial charge in [0.2, 0.25) is 0 Å². The van der Waals surface area contributed by atoms with Gasteiger partial charge in [-0.05, 0) is 58.6 Å². The minimum Gasteiger partial charge on any atom is -0.506 e. The molecule has 1 amide bonds. The third kappa shape index (κ3) is 5.90. The van der Waals surface area contributed by atoms with Gasteiger partial charge in [-0.15, -0.1) is 0 Å². The lowest BCUT2D eigenvalue weighted by atomic mass is 9.87. The molecule has 150 valence electrons. The van der Waals surface area contributed by atoms with E-state index in [1.54, 1.807) is 42.5 Å². The van der Waals surface area contributed by atoms with Crippen LogP contribution < -0.4 is 10.6 Å². The molecule has 0 heterocycles. The fourth-order valence-electron chi connectivity index (χ4n) is 2.68. The predicted molar refractivity (Wildman–Crippen MR) is 125 cm³/mol. The standard InChI is InChI=1S/C24H26N2O2S/c1-6-8-16(7-2)18-11-14-21(27)20(15-18)25-23(29)26-22(28)17-9-12-19(13-10-17)24(3,4)5/h6-15,27H,1-2H2,3-5H3,(H2,25,26,28,29)/b16-8+. The molecule has 0 saturated heterocycles. The zero-order chi connectivity index (χ0) is 21.6. The average molecular weight is 407 g/mol. The van der Waals surface area contributed by atoms with Gasteiger partial charge in [-0.2, -0.15) is 0 Å². The molecule has 0 atom stereocenters. The lowest BCUT2D eigenvalue weighted by Crippen LogP contribution is -2.34. The van der Waals surface area contributed by atoms with Crippen molar-refractivity contribution in [3.8, 4) is 5.75 Å².